The van der Waals surface area contributed by atoms with Crippen molar-refractivity contribution in [3.05, 3.63) is 33.8 Å². The van der Waals surface area contributed by atoms with E-state index < -0.39 is 0 Å². The average molecular weight is 247 g/mol. The third kappa shape index (κ3) is 3.65. The summed E-state index contributed by atoms with van der Waals surface area (Å²) in [7, 11) is 0. The molecule has 0 amide bonds. The molecule has 0 bridgehead atoms. The SMILES string of the molecule is CCCC(Cc1c(Cl)cccc1Cl)NN. The van der Waals surface area contributed by atoms with Crippen LogP contribution in [0.4, 0.5) is 0 Å². The van der Waals surface area contributed by atoms with E-state index >= 15 is 0 Å². The molecule has 0 aliphatic rings. The number of hydrazine groups is 1. The fourth-order valence-electron chi connectivity index (χ4n) is 1.57. The van der Waals surface area contributed by atoms with Gasteiger partial charge >= 0.3 is 0 Å². The molecule has 1 unspecified atom stereocenters. The lowest BCUT2D eigenvalue weighted by Gasteiger charge is -2.16. The van der Waals surface area contributed by atoms with Gasteiger partial charge in [0.15, 0.2) is 0 Å². The number of hydrogen-bond acceptors (Lipinski definition) is 2. The van der Waals surface area contributed by atoms with Gasteiger partial charge in [-0.1, -0.05) is 42.6 Å². The molecule has 0 fully saturated rings. The highest BCUT2D eigenvalue weighted by Crippen LogP contribution is 2.25. The predicted molar refractivity (Wildman–Crippen MR) is 66.2 cm³/mol. The Morgan fingerprint density at radius 2 is 1.93 bits per heavy atom. The molecule has 1 aromatic rings. The van der Waals surface area contributed by atoms with E-state index in [0.29, 0.717) is 10.0 Å². The van der Waals surface area contributed by atoms with Crippen molar-refractivity contribution in [3.8, 4) is 0 Å². The fraction of sp³-hybridized carbons (Fsp3) is 0.455. The van der Waals surface area contributed by atoms with Crippen molar-refractivity contribution >= 4 is 23.2 Å². The van der Waals surface area contributed by atoms with E-state index in [1.165, 1.54) is 0 Å². The van der Waals surface area contributed by atoms with Gasteiger partial charge in [0.25, 0.3) is 0 Å². The Kier molecular flexibility index (Phi) is 5.40. The van der Waals surface area contributed by atoms with Gasteiger partial charge < -0.3 is 0 Å². The van der Waals surface area contributed by atoms with E-state index in [2.05, 4.69) is 12.3 Å². The summed E-state index contributed by atoms with van der Waals surface area (Å²) in [6.07, 6.45) is 2.86. The third-order valence-electron chi connectivity index (χ3n) is 2.39. The van der Waals surface area contributed by atoms with Crippen molar-refractivity contribution in [2.75, 3.05) is 0 Å². The van der Waals surface area contributed by atoms with Crippen LogP contribution in [0.25, 0.3) is 0 Å². The normalized spacial score (nSPS) is 12.8. The minimum atomic E-state index is 0.229. The number of benzene rings is 1. The zero-order valence-electron chi connectivity index (χ0n) is 8.76. The number of nitrogens with two attached hydrogens (primary N) is 1. The zero-order chi connectivity index (χ0) is 11.3. The molecular formula is C11H16Cl2N2. The highest BCUT2D eigenvalue weighted by Gasteiger charge is 2.11. The lowest BCUT2D eigenvalue weighted by Crippen LogP contribution is -2.36. The number of rotatable bonds is 5. The molecular weight excluding hydrogens is 231 g/mol. The molecule has 0 saturated heterocycles. The molecule has 1 aromatic carbocycles. The largest absolute Gasteiger partial charge is 0.271 e. The minimum Gasteiger partial charge on any atom is -0.271 e. The summed E-state index contributed by atoms with van der Waals surface area (Å²) in [6.45, 7) is 2.12. The molecule has 0 saturated carbocycles. The van der Waals surface area contributed by atoms with Gasteiger partial charge in [-0.15, -0.1) is 0 Å². The lowest BCUT2D eigenvalue weighted by atomic mass is 10.0. The topological polar surface area (TPSA) is 38.0 Å². The number of hydrogen-bond donors (Lipinski definition) is 2. The monoisotopic (exact) mass is 246 g/mol. The first kappa shape index (κ1) is 12.8. The quantitative estimate of drug-likeness (QED) is 0.619. The van der Waals surface area contributed by atoms with Crippen LogP contribution in [0.1, 0.15) is 25.3 Å². The van der Waals surface area contributed by atoms with Crippen LogP contribution in [-0.2, 0) is 6.42 Å². The molecule has 3 N–H and O–H groups in total. The van der Waals surface area contributed by atoms with Gasteiger partial charge in [-0.2, -0.15) is 0 Å². The van der Waals surface area contributed by atoms with Crippen molar-refractivity contribution in [3.63, 3.8) is 0 Å². The van der Waals surface area contributed by atoms with Gasteiger partial charge in [0.1, 0.15) is 0 Å². The van der Waals surface area contributed by atoms with Crippen molar-refractivity contribution in [1.82, 2.24) is 5.43 Å². The van der Waals surface area contributed by atoms with Crippen molar-refractivity contribution < 1.29 is 0 Å². The van der Waals surface area contributed by atoms with Gasteiger partial charge in [0.2, 0.25) is 0 Å². The van der Waals surface area contributed by atoms with Crippen molar-refractivity contribution in [2.45, 2.75) is 32.2 Å². The lowest BCUT2D eigenvalue weighted by molar-refractivity contribution is 0.486. The summed E-state index contributed by atoms with van der Waals surface area (Å²) in [5.74, 6) is 5.47. The van der Waals surface area contributed by atoms with E-state index in [9.17, 15) is 0 Å². The van der Waals surface area contributed by atoms with Crippen LogP contribution < -0.4 is 11.3 Å². The first-order chi connectivity index (χ1) is 7.19. The van der Waals surface area contributed by atoms with Crippen LogP contribution in [0.5, 0.6) is 0 Å². The molecule has 1 atom stereocenters. The van der Waals surface area contributed by atoms with Gasteiger partial charge in [0, 0.05) is 16.1 Å². The molecule has 84 valence electrons. The molecule has 0 heterocycles. The Bertz CT molecular complexity index is 295. The molecule has 0 radical (unpaired) electrons. The van der Waals surface area contributed by atoms with E-state index in [4.69, 9.17) is 29.0 Å². The minimum absolute atomic E-state index is 0.229. The van der Waals surface area contributed by atoms with E-state index in [1.54, 1.807) is 0 Å². The maximum atomic E-state index is 6.08. The molecule has 15 heavy (non-hydrogen) atoms. The maximum absolute atomic E-state index is 6.08. The predicted octanol–water partition coefficient (Wildman–Crippen LogP) is 3.17. The summed E-state index contributed by atoms with van der Waals surface area (Å²) < 4.78 is 0. The van der Waals surface area contributed by atoms with Gasteiger partial charge in [-0.05, 0) is 30.5 Å². The smallest absolute Gasteiger partial charge is 0.0453 e. The first-order valence-corrected chi connectivity index (χ1v) is 5.83. The van der Waals surface area contributed by atoms with Crippen LogP contribution >= 0.6 is 23.2 Å². The van der Waals surface area contributed by atoms with Crippen LogP contribution in [0.3, 0.4) is 0 Å². The molecule has 1 rings (SSSR count). The summed E-state index contributed by atoms with van der Waals surface area (Å²) in [5.41, 5.74) is 3.76. The average Bonchev–Trinajstić information content (AvgIpc) is 2.22. The number of halogens is 2. The third-order valence-corrected chi connectivity index (χ3v) is 3.09. The number of nitrogens with one attached hydrogen (secondary N) is 1. The Morgan fingerprint density at radius 1 is 1.33 bits per heavy atom. The van der Waals surface area contributed by atoms with E-state index in [-0.39, 0.29) is 6.04 Å². The molecule has 0 aliphatic heterocycles. The Morgan fingerprint density at radius 3 is 2.40 bits per heavy atom. The molecule has 4 heteroatoms. The maximum Gasteiger partial charge on any atom is 0.0453 e. The second-order valence-electron chi connectivity index (χ2n) is 3.56. The van der Waals surface area contributed by atoms with Gasteiger partial charge in [0.05, 0.1) is 0 Å². The van der Waals surface area contributed by atoms with E-state index in [0.717, 1.165) is 24.8 Å². The summed E-state index contributed by atoms with van der Waals surface area (Å²) in [4.78, 5) is 0. The van der Waals surface area contributed by atoms with Gasteiger partial charge in [-0.3, -0.25) is 11.3 Å². The zero-order valence-corrected chi connectivity index (χ0v) is 10.3. The molecule has 0 spiro atoms. The second-order valence-corrected chi connectivity index (χ2v) is 4.37. The Balaban J connectivity index is 2.78. The van der Waals surface area contributed by atoms with Crippen molar-refractivity contribution in [2.24, 2.45) is 5.84 Å². The highest BCUT2D eigenvalue weighted by atomic mass is 35.5. The first-order valence-electron chi connectivity index (χ1n) is 5.08. The van der Waals surface area contributed by atoms with Crippen LogP contribution in [-0.4, -0.2) is 6.04 Å². The standard InChI is InChI=1S/C11H16Cl2N2/c1-2-4-8(15-14)7-9-10(12)5-3-6-11(9)13/h3,5-6,8,15H,2,4,7,14H2,1H3. The molecule has 2 nitrogen and oxygen atoms in total. The van der Waals surface area contributed by atoms with Crippen molar-refractivity contribution in [1.29, 1.82) is 0 Å². The van der Waals surface area contributed by atoms with Crippen LogP contribution in [0.15, 0.2) is 18.2 Å². The summed E-state index contributed by atoms with van der Waals surface area (Å²) >= 11 is 12.2. The highest BCUT2D eigenvalue weighted by molar-refractivity contribution is 6.35. The van der Waals surface area contributed by atoms with Crippen LogP contribution in [0, 0.1) is 0 Å². The summed E-state index contributed by atoms with van der Waals surface area (Å²) in [5, 5.41) is 1.41. The van der Waals surface area contributed by atoms with Crippen LogP contribution in [0.2, 0.25) is 10.0 Å². The summed E-state index contributed by atoms with van der Waals surface area (Å²) in [6, 6.07) is 5.77. The second kappa shape index (κ2) is 6.33. The Hall–Kier alpha value is -0.280. The van der Waals surface area contributed by atoms with Gasteiger partial charge in [-0.25, -0.2) is 0 Å². The molecule has 0 aliphatic carbocycles. The Labute approximate surface area is 101 Å². The van der Waals surface area contributed by atoms with E-state index in [1.807, 2.05) is 18.2 Å². The molecule has 0 aromatic heterocycles. The fourth-order valence-corrected chi connectivity index (χ4v) is 2.12.